The number of carbonyl (C=O) groups excluding carboxylic acids is 1. The number of H-pyrrole nitrogens is 1. The third-order valence-electron chi connectivity index (χ3n) is 3.43. The molecule has 1 amide bonds. The molecule has 0 bridgehead atoms. The number of amides is 1. The number of hydrogen-bond donors (Lipinski definition) is 2. The first-order chi connectivity index (χ1) is 11.2. The van der Waals surface area contributed by atoms with Crippen molar-refractivity contribution in [3.63, 3.8) is 0 Å². The summed E-state index contributed by atoms with van der Waals surface area (Å²) in [5.74, 6) is -0.0813. The molecule has 0 radical (unpaired) electrons. The summed E-state index contributed by atoms with van der Waals surface area (Å²) in [6, 6.07) is 10.8. The molecule has 2 aromatic heterocycles. The van der Waals surface area contributed by atoms with Gasteiger partial charge in [0.05, 0.1) is 18.5 Å². The number of benzene rings is 1. The van der Waals surface area contributed by atoms with Crippen molar-refractivity contribution >= 4 is 33.8 Å². The van der Waals surface area contributed by atoms with Crippen molar-refractivity contribution in [2.45, 2.75) is 13.0 Å². The third-order valence-corrected chi connectivity index (χ3v) is 4.30. The van der Waals surface area contributed by atoms with Gasteiger partial charge in [0.25, 0.3) is 0 Å². The maximum atomic E-state index is 12.1. The van der Waals surface area contributed by atoms with Crippen LogP contribution in [0.4, 0.5) is 5.69 Å². The molecular formula is C17H16N2O3S. The second kappa shape index (κ2) is 6.76. The van der Waals surface area contributed by atoms with Crippen molar-refractivity contribution in [3.05, 3.63) is 62.6 Å². The van der Waals surface area contributed by atoms with Crippen LogP contribution in [0.2, 0.25) is 0 Å². The Hall–Kier alpha value is -2.44. The van der Waals surface area contributed by atoms with E-state index >= 15 is 0 Å². The minimum Gasteiger partial charge on any atom is -0.380 e. The molecule has 6 heteroatoms. The third kappa shape index (κ3) is 3.67. The zero-order valence-electron chi connectivity index (χ0n) is 12.6. The van der Waals surface area contributed by atoms with Crippen molar-refractivity contribution in [1.82, 2.24) is 4.98 Å². The Morgan fingerprint density at radius 2 is 2.17 bits per heavy atom. The summed E-state index contributed by atoms with van der Waals surface area (Å²) in [5.41, 5.74) is 1.97. The fourth-order valence-electron chi connectivity index (χ4n) is 2.46. The number of anilines is 1. The van der Waals surface area contributed by atoms with E-state index in [9.17, 15) is 9.59 Å². The van der Waals surface area contributed by atoms with Crippen LogP contribution >= 0.6 is 11.3 Å². The lowest BCUT2D eigenvalue weighted by Crippen LogP contribution is -2.14. The van der Waals surface area contributed by atoms with Gasteiger partial charge in [-0.15, -0.1) is 11.3 Å². The number of carbonyl (C=O) groups is 1. The van der Waals surface area contributed by atoms with Crippen molar-refractivity contribution in [2.75, 3.05) is 12.4 Å². The van der Waals surface area contributed by atoms with Crippen LogP contribution in [0.5, 0.6) is 0 Å². The van der Waals surface area contributed by atoms with Gasteiger partial charge in [0.1, 0.15) is 0 Å². The van der Waals surface area contributed by atoms with Gasteiger partial charge in [-0.3, -0.25) is 9.59 Å². The number of thiophene rings is 1. The van der Waals surface area contributed by atoms with E-state index in [1.807, 2.05) is 29.6 Å². The molecule has 0 saturated heterocycles. The van der Waals surface area contributed by atoms with E-state index < -0.39 is 0 Å². The Morgan fingerprint density at radius 3 is 2.91 bits per heavy atom. The Kier molecular flexibility index (Phi) is 4.55. The monoisotopic (exact) mass is 328 g/mol. The van der Waals surface area contributed by atoms with Crippen LogP contribution in [0.25, 0.3) is 10.9 Å². The quantitative estimate of drug-likeness (QED) is 0.756. The highest BCUT2D eigenvalue weighted by Crippen LogP contribution is 2.20. The minimum atomic E-state index is -0.188. The molecule has 23 heavy (non-hydrogen) atoms. The van der Waals surface area contributed by atoms with Crippen LogP contribution in [0.15, 0.2) is 46.6 Å². The summed E-state index contributed by atoms with van der Waals surface area (Å²) in [6.45, 7) is 0.366. The SMILES string of the molecule is COCc1cc(=O)[nH]c2cc(NC(=O)Cc3cccs3)ccc12. The lowest BCUT2D eigenvalue weighted by Gasteiger charge is -2.09. The zero-order chi connectivity index (χ0) is 16.2. The van der Waals surface area contributed by atoms with Gasteiger partial charge in [0, 0.05) is 29.1 Å². The molecule has 2 heterocycles. The van der Waals surface area contributed by atoms with Gasteiger partial charge < -0.3 is 15.0 Å². The molecule has 0 spiro atoms. The highest BCUT2D eigenvalue weighted by Gasteiger charge is 2.08. The largest absolute Gasteiger partial charge is 0.380 e. The van der Waals surface area contributed by atoms with E-state index in [0.29, 0.717) is 24.2 Å². The van der Waals surface area contributed by atoms with Gasteiger partial charge in [-0.2, -0.15) is 0 Å². The number of fused-ring (bicyclic) bond motifs is 1. The number of methoxy groups -OCH3 is 1. The number of nitrogens with one attached hydrogen (secondary N) is 2. The topological polar surface area (TPSA) is 71.2 Å². The Bertz CT molecular complexity index is 884. The molecule has 3 aromatic rings. The lowest BCUT2D eigenvalue weighted by molar-refractivity contribution is -0.115. The summed E-state index contributed by atoms with van der Waals surface area (Å²) in [5, 5.41) is 5.71. The summed E-state index contributed by atoms with van der Waals surface area (Å²) in [7, 11) is 1.59. The number of hydrogen-bond acceptors (Lipinski definition) is 4. The number of pyridine rings is 1. The van der Waals surface area contributed by atoms with Crippen LogP contribution in [-0.4, -0.2) is 18.0 Å². The molecule has 0 fully saturated rings. The van der Waals surface area contributed by atoms with E-state index in [2.05, 4.69) is 10.3 Å². The molecule has 0 aliphatic rings. The van der Waals surface area contributed by atoms with Gasteiger partial charge in [-0.05, 0) is 29.1 Å². The van der Waals surface area contributed by atoms with Gasteiger partial charge in [-0.1, -0.05) is 12.1 Å². The summed E-state index contributed by atoms with van der Waals surface area (Å²) in [4.78, 5) is 27.6. The van der Waals surface area contributed by atoms with Crippen LogP contribution in [-0.2, 0) is 22.6 Å². The van der Waals surface area contributed by atoms with E-state index in [-0.39, 0.29) is 11.5 Å². The first-order valence-electron chi connectivity index (χ1n) is 7.13. The molecule has 1 aromatic carbocycles. The molecule has 0 aliphatic heterocycles. The molecule has 118 valence electrons. The Balaban J connectivity index is 1.85. The first-order valence-corrected chi connectivity index (χ1v) is 8.01. The fourth-order valence-corrected chi connectivity index (χ4v) is 3.17. The maximum absolute atomic E-state index is 12.1. The van der Waals surface area contributed by atoms with Crippen molar-refractivity contribution in [3.8, 4) is 0 Å². The van der Waals surface area contributed by atoms with Crippen LogP contribution in [0, 0.1) is 0 Å². The van der Waals surface area contributed by atoms with Gasteiger partial charge in [0.2, 0.25) is 11.5 Å². The molecule has 3 rings (SSSR count). The molecule has 5 nitrogen and oxygen atoms in total. The molecule has 0 saturated carbocycles. The summed E-state index contributed by atoms with van der Waals surface area (Å²) in [6.07, 6.45) is 0.343. The zero-order valence-corrected chi connectivity index (χ0v) is 13.4. The number of aromatic nitrogens is 1. The average molecular weight is 328 g/mol. The summed E-state index contributed by atoms with van der Waals surface area (Å²) < 4.78 is 5.12. The first kappa shape index (κ1) is 15.5. The highest BCUT2D eigenvalue weighted by atomic mass is 32.1. The van der Waals surface area contributed by atoms with Crippen LogP contribution in [0.1, 0.15) is 10.4 Å². The summed E-state index contributed by atoms with van der Waals surface area (Å²) >= 11 is 1.55. The van der Waals surface area contributed by atoms with Crippen LogP contribution in [0.3, 0.4) is 0 Å². The Labute approximate surface area is 136 Å². The Morgan fingerprint density at radius 1 is 1.30 bits per heavy atom. The van der Waals surface area contributed by atoms with E-state index in [1.165, 1.54) is 6.07 Å². The average Bonchev–Trinajstić information content (AvgIpc) is 2.99. The van der Waals surface area contributed by atoms with Gasteiger partial charge in [-0.25, -0.2) is 0 Å². The van der Waals surface area contributed by atoms with Crippen molar-refractivity contribution in [1.29, 1.82) is 0 Å². The second-order valence-corrected chi connectivity index (χ2v) is 6.19. The lowest BCUT2D eigenvalue weighted by atomic mass is 10.1. The maximum Gasteiger partial charge on any atom is 0.248 e. The predicted molar refractivity (Wildman–Crippen MR) is 91.9 cm³/mol. The van der Waals surface area contributed by atoms with E-state index in [4.69, 9.17) is 4.74 Å². The highest BCUT2D eigenvalue weighted by molar-refractivity contribution is 7.10. The fraction of sp³-hybridized carbons (Fsp3) is 0.176. The molecule has 0 atom stereocenters. The van der Waals surface area contributed by atoms with Gasteiger partial charge >= 0.3 is 0 Å². The van der Waals surface area contributed by atoms with Gasteiger partial charge in [0.15, 0.2) is 0 Å². The molecule has 0 unspecified atom stereocenters. The van der Waals surface area contributed by atoms with Crippen molar-refractivity contribution in [2.24, 2.45) is 0 Å². The van der Waals surface area contributed by atoms with Crippen molar-refractivity contribution < 1.29 is 9.53 Å². The standard InChI is InChI=1S/C17H16N2O3S/c1-22-10-11-7-16(20)19-15-8-12(4-5-14(11)15)18-17(21)9-13-3-2-6-23-13/h2-8H,9-10H2,1H3,(H,18,21)(H,19,20). The second-order valence-electron chi connectivity index (χ2n) is 5.16. The molecule has 0 aliphatic carbocycles. The number of rotatable bonds is 5. The predicted octanol–water partition coefficient (Wildman–Crippen LogP) is 2.92. The number of ether oxygens (including phenoxy) is 1. The smallest absolute Gasteiger partial charge is 0.248 e. The number of aromatic amines is 1. The van der Waals surface area contributed by atoms with E-state index in [0.717, 1.165) is 15.8 Å². The van der Waals surface area contributed by atoms with E-state index in [1.54, 1.807) is 24.5 Å². The normalized spacial score (nSPS) is 10.8. The van der Waals surface area contributed by atoms with Crippen LogP contribution < -0.4 is 10.9 Å². The minimum absolute atomic E-state index is 0.0813. The molecule has 2 N–H and O–H groups in total. The molecular weight excluding hydrogens is 312 g/mol.